The Balaban J connectivity index is 1.11. The topological polar surface area (TPSA) is 312 Å². The second-order valence-corrected chi connectivity index (χ2v) is 22.4. The molecular formula is C56H80ClN7O18S. The Kier molecular flexibility index (Phi) is 25.9. The van der Waals surface area contributed by atoms with Gasteiger partial charge >= 0.3 is 12.1 Å². The number of epoxide rings is 1. The molecular weight excluding hydrogens is 1130 g/mol. The summed E-state index contributed by atoms with van der Waals surface area (Å²) < 4.78 is 46.2. The van der Waals surface area contributed by atoms with Crippen LogP contribution in [0.5, 0.6) is 5.75 Å². The molecule has 1 aromatic rings. The van der Waals surface area contributed by atoms with Gasteiger partial charge in [-0.2, -0.15) is 0 Å². The fourth-order valence-electron chi connectivity index (χ4n) is 9.58. The molecule has 5 rings (SSSR count). The van der Waals surface area contributed by atoms with Gasteiger partial charge in [0, 0.05) is 78.2 Å². The van der Waals surface area contributed by atoms with Crippen LogP contribution in [0.2, 0.25) is 5.02 Å². The number of ether oxygens (including phenoxy) is 8. The lowest BCUT2D eigenvalue weighted by Gasteiger charge is -2.42. The first-order valence-corrected chi connectivity index (χ1v) is 28.6. The summed E-state index contributed by atoms with van der Waals surface area (Å²) in [6, 6.07) is 2.47. The number of fused-ring (bicyclic) bond motifs is 5. The summed E-state index contributed by atoms with van der Waals surface area (Å²) in [4.78, 5) is 106. The van der Waals surface area contributed by atoms with Crippen molar-refractivity contribution in [2.75, 3.05) is 98.2 Å². The van der Waals surface area contributed by atoms with Crippen molar-refractivity contribution >= 4 is 76.6 Å². The number of amides is 7. The minimum absolute atomic E-state index is 0.00831. The number of thioether (sulfide) groups is 1. The van der Waals surface area contributed by atoms with Crippen LogP contribution >= 0.6 is 23.4 Å². The predicted molar refractivity (Wildman–Crippen MR) is 305 cm³/mol. The van der Waals surface area contributed by atoms with Crippen LogP contribution < -0.4 is 30.9 Å². The number of benzene rings is 1. The van der Waals surface area contributed by atoms with E-state index >= 15 is 0 Å². The van der Waals surface area contributed by atoms with Gasteiger partial charge < -0.3 is 73.9 Å². The number of nitrogens with one attached hydrogen (secondary N) is 4. The van der Waals surface area contributed by atoms with Crippen molar-refractivity contribution in [2.45, 2.75) is 119 Å². The smallest absolute Gasteiger partial charge is 0.409 e. The number of aliphatic hydroxyl groups excluding tert-OH is 1. The van der Waals surface area contributed by atoms with Crippen LogP contribution in [-0.4, -0.2) is 220 Å². The molecule has 1 aromatic carbocycles. The maximum absolute atomic E-state index is 14.2. The van der Waals surface area contributed by atoms with Gasteiger partial charge in [0.05, 0.1) is 63.2 Å². The monoisotopic (exact) mass is 1210 g/mol. The van der Waals surface area contributed by atoms with Gasteiger partial charge in [0.15, 0.2) is 5.72 Å². The lowest BCUT2D eigenvalue weighted by atomic mass is 9.83. The number of esters is 1. The molecule has 0 saturated carbocycles. The maximum atomic E-state index is 14.2. The first-order valence-electron chi connectivity index (χ1n) is 27.2. The normalized spacial score (nSPS) is 26.7. The molecule has 460 valence electrons. The summed E-state index contributed by atoms with van der Waals surface area (Å²) in [6.07, 6.45) is 0.688. The molecule has 83 heavy (non-hydrogen) atoms. The highest BCUT2D eigenvalue weighted by Gasteiger charge is 2.64. The Labute approximate surface area is 493 Å². The highest BCUT2D eigenvalue weighted by molar-refractivity contribution is 8.00. The molecule has 6 N–H and O–H groups in total. The lowest BCUT2D eigenvalue weighted by molar-refractivity contribution is -0.162. The average Bonchev–Trinajstić information content (AvgIpc) is 4.23. The van der Waals surface area contributed by atoms with E-state index in [0.717, 1.165) is 40.0 Å². The second kappa shape index (κ2) is 31.7. The van der Waals surface area contributed by atoms with Gasteiger partial charge in [-0.05, 0) is 57.0 Å². The number of methoxy groups -OCH3 is 2. The number of nitrogens with zero attached hydrogens (tertiary/aromatic N) is 3. The number of imide groups is 1. The summed E-state index contributed by atoms with van der Waals surface area (Å²) in [6.45, 7) is 14.0. The third-order valence-corrected chi connectivity index (χ3v) is 16.3. The summed E-state index contributed by atoms with van der Waals surface area (Å²) in [7, 11) is 5.97. The quantitative estimate of drug-likeness (QED) is 0.0240. The first-order chi connectivity index (χ1) is 39.4. The molecule has 10 atom stereocenters. The number of allylic oxidation sites excluding steroid dienone is 3. The number of carbonyl (C=O) groups excluding carboxylic acids is 8. The summed E-state index contributed by atoms with van der Waals surface area (Å²) in [5.41, 5.74) is -1.02. The lowest BCUT2D eigenvalue weighted by Crippen LogP contribution is -2.63. The number of halogens is 1. The van der Waals surface area contributed by atoms with Crippen LogP contribution in [0.15, 0.2) is 61.2 Å². The molecule has 3 saturated heterocycles. The minimum atomic E-state index is -1.88. The van der Waals surface area contributed by atoms with E-state index in [-0.39, 0.29) is 102 Å². The fraction of sp³-hybridized carbons (Fsp3) is 0.607. The van der Waals surface area contributed by atoms with Crippen molar-refractivity contribution in [3.63, 3.8) is 0 Å². The van der Waals surface area contributed by atoms with E-state index in [1.165, 1.54) is 38.0 Å². The van der Waals surface area contributed by atoms with Crippen LogP contribution in [0.25, 0.3) is 0 Å². The number of alkyl carbamates (subject to hydrolysis) is 1. The average molecular weight is 1210 g/mol. The van der Waals surface area contributed by atoms with Gasteiger partial charge in [0.25, 0.3) is 0 Å². The number of rotatable bonds is 27. The minimum Gasteiger partial charge on any atom is -0.495 e. The predicted octanol–water partition coefficient (Wildman–Crippen LogP) is 1.70. The Morgan fingerprint density at radius 1 is 1.04 bits per heavy atom. The van der Waals surface area contributed by atoms with E-state index in [9.17, 15) is 48.6 Å². The zero-order valence-electron chi connectivity index (χ0n) is 48.3. The zero-order valence-corrected chi connectivity index (χ0v) is 49.9. The van der Waals surface area contributed by atoms with Gasteiger partial charge in [-0.1, -0.05) is 55.5 Å². The molecule has 4 aliphatic heterocycles. The van der Waals surface area contributed by atoms with E-state index in [4.69, 9.17) is 49.5 Å². The van der Waals surface area contributed by atoms with Crippen molar-refractivity contribution in [3.05, 3.63) is 71.8 Å². The molecule has 4 bridgehead atoms. The molecule has 4 heterocycles. The van der Waals surface area contributed by atoms with E-state index in [1.807, 2.05) is 19.1 Å². The third kappa shape index (κ3) is 18.9. The van der Waals surface area contributed by atoms with Gasteiger partial charge in [0.1, 0.15) is 53.6 Å². The number of likely N-dealkylation sites (tertiary alicyclic amines) is 1. The molecule has 3 fully saturated rings. The van der Waals surface area contributed by atoms with Crippen LogP contribution in [0, 0.1) is 5.92 Å². The van der Waals surface area contributed by atoms with E-state index in [1.54, 1.807) is 39.1 Å². The van der Waals surface area contributed by atoms with E-state index in [2.05, 4.69) is 34.4 Å². The van der Waals surface area contributed by atoms with Gasteiger partial charge in [-0.3, -0.25) is 39.0 Å². The van der Waals surface area contributed by atoms with Gasteiger partial charge in [-0.15, -0.1) is 11.8 Å². The molecule has 27 heteroatoms. The van der Waals surface area contributed by atoms with Gasteiger partial charge in [0.2, 0.25) is 35.4 Å². The van der Waals surface area contributed by atoms with Crippen LogP contribution in [0.1, 0.15) is 58.9 Å². The van der Waals surface area contributed by atoms with Crippen LogP contribution in [0.3, 0.4) is 0 Å². The fourth-order valence-corrected chi connectivity index (χ4v) is 11.0. The molecule has 0 aliphatic carbocycles. The highest BCUT2D eigenvalue weighted by Crippen LogP contribution is 2.49. The summed E-state index contributed by atoms with van der Waals surface area (Å²) in [5, 5.41) is 33.6. The van der Waals surface area contributed by atoms with Crippen molar-refractivity contribution in [1.82, 2.24) is 31.1 Å². The summed E-state index contributed by atoms with van der Waals surface area (Å²) >= 11 is 8.01. The number of hydrogen-bond acceptors (Lipinski definition) is 20. The zero-order chi connectivity index (χ0) is 61.2. The SMILES string of the molecule is C=CC(=O)NCC(CNC(=O)C=C)OCC(=O)NCCOCCOCCN1C(=O)CC(SCCC(=O)N(C)[C@@H](C)C(=O)O[C@H]2CC(O)N(C)c3cc(cc(OC)c3Cl)C/C(C)=C/C=C/[C@@H](OC)[C@@]3(O)C[C@H](OC(=O)N3)[C@@H](C)[C@@H]3O[C@@]23C)C1=O. The molecule has 2 unspecified atom stereocenters. The van der Waals surface area contributed by atoms with Crippen molar-refractivity contribution in [2.24, 2.45) is 5.92 Å². The third-order valence-electron chi connectivity index (χ3n) is 14.7. The molecule has 7 amide bonds. The molecule has 0 radical (unpaired) electrons. The molecule has 0 aromatic heterocycles. The van der Waals surface area contributed by atoms with Gasteiger partial charge in [-0.25, -0.2) is 9.59 Å². The standard InChI is InChI=1S/C56H80ClN7O18S/c1-11-44(65)59-30-37(31-60-45(66)12-2)79-32-46(67)58-17-19-77-21-22-78-20-18-64-49(70)27-41(52(64)71)83-23-16-47(68)62(7)35(5)53(72)81-43-28-48(69)63(8)38-25-36(26-39(75-9)50(38)57)24-33(3)14-13-15-42(76-10)56(74)29-40(80-54(73)61-56)34(4)51-55(43,6)82-51/h11-15,25-26,34-35,37,40-43,48,51,69,74H,1-2,16-24,27-32H2,3-10H3,(H,58,67)(H,59,65)(H,60,66)(H,61,73)/b15-13+,33-14+/t34-,35+,40+,41?,42-,43+,48?,51+,55+,56+/m1/s1. The van der Waals surface area contributed by atoms with Crippen molar-refractivity contribution < 1.29 is 86.5 Å². The van der Waals surface area contributed by atoms with Crippen LogP contribution in [0.4, 0.5) is 10.5 Å². The summed E-state index contributed by atoms with van der Waals surface area (Å²) in [5.74, 6) is -3.44. The van der Waals surface area contributed by atoms with Crippen molar-refractivity contribution in [1.29, 1.82) is 0 Å². The Hall–Kier alpha value is -6.10. The Morgan fingerprint density at radius 3 is 2.36 bits per heavy atom. The number of carbonyl (C=O) groups is 8. The van der Waals surface area contributed by atoms with Crippen molar-refractivity contribution in [3.8, 4) is 5.75 Å². The van der Waals surface area contributed by atoms with E-state index < -0.39 is 107 Å². The van der Waals surface area contributed by atoms with E-state index in [0.29, 0.717) is 17.9 Å². The number of anilines is 1. The highest BCUT2D eigenvalue weighted by atomic mass is 35.5. The number of likely N-dealkylation sites (N-methyl/N-ethyl adjacent to an activating group) is 1. The Bertz CT molecular complexity index is 2550. The molecule has 4 aliphatic rings. The second-order valence-electron chi connectivity index (χ2n) is 20.7. The Morgan fingerprint density at radius 2 is 1.71 bits per heavy atom. The molecule has 25 nitrogen and oxygen atoms in total. The maximum Gasteiger partial charge on any atom is 0.409 e. The molecule has 0 spiro atoms. The first kappa shape index (κ1) is 67.7. The number of hydrogen-bond donors (Lipinski definition) is 6. The number of aliphatic hydroxyl groups is 2. The van der Waals surface area contributed by atoms with Crippen LogP contribution in [-0.2, 0) is 73.1 Å². The largest absolute Gasteiger partial charge is 0.495 e.